The molecule has 8 rings (SSSR count). The molecule has 0 saturated heterocycles. The smallest absolute Gasteiger partial charge is 0.305 e. The quantitative estimate of drug-likeness (QED) is 0.0330. The van der Waals surface area contributed by atoms with E-state index in [1.807, 2.05) is 66.4 Å². The molecule has 3 aliphatic heterocycles. The third kappa shape index (κ3) is 11.4. The van der Waals surface area contributed by atoms with E-state index in [-0.39, 0.29) is 84.6 Å². The average molecular weight is 996 g/mol. The van der Waals surface area contributed by atoms with Crippen LogP contribution < -0.4 is 55.7 Å². The van der Waals surface area contributed by atoms with E-state index >= 15 is 0 Å². The summed E-state index contributed by atoms with van der Waals surface area (Å²) >= 11 is 0. The van der Waals surface area contributed by atoms with Gasteiger partial charge in [0.05, 0.1) is 44.2 Å². The lowest BCUT2D eigenvalue weighted by atomic mass is 10.1. The van der Waals surface area contributed by atoms with Crippen LogP contribution in [-0.4, -0.2) is 87.5 Å². The first-order valence-electron chi connectivity index (χ1n) is 24.3. The predicted octanol–water partition coefficient (Wildman–Crippen LogP) is 6.71. The van der Waals surface area contributed by atoms with Crippen molar-refractivity contribution < 1.29 is 52.5 Å². The van der Waals surface area contributed by atoms with Crippen molar-refractivity contribution in [2.24, 2.45) is 0 Å². The van der Waals surface area contributed by atoms with Gasteiger partial charge in [-0.25, -0.2) is 0 Å². The Bertz CT molecular complexity index is 2940. The molecule has 6 N–H and O–H groups in total. The van der Waals surface area contributed by atoms with Crippen molar-refractivity contribution in [1.82, 2.24) is 10.6 Å². The molecule has 0 bridgehead atoms. The molecular weight excluding hydrogens is 935 g/mol. The fraction of sp³-hybridized carbons (Fsp3) is 0.345. The molecule has 3 heterocycles. The number of methoxy groups -OCH3 is 3. The van der Waals surface area contributed by atoms with E-state index in [0.29, 0.717) is 59.0 Å². The standard InChI is InChI=1S/C55H61N7O11/c1-31-19-36-13-7-9-15-44(36)61(31)54(67)40-24-46(69-4)48(26-42(40)56)72-29-34-20-35(22-38(21-34)60-53(66)33(3)59-52(65)32(2)58-50(63)17-11-12-18-51(64)71-6)30-73-49-27-43-41(25-47(49)70-5)55(68)62-39(28-57-43)23-37-14-8-10-16-45(37)62/h7-10,13-16,20-22,24-27,31-33,39,57H,11-12,17-19,23,28-30,56H2,1-6H3,(H,58,63)(H,59,65)(H,60,66)/t31-,32+,33+,39+/m1/s1. The minimum absolute atomic E-state index is 0.0146. The van der Waals surface area contributed by atoms with Crippen molar-refractivity contribution in [2.45, 2.75) is 96.7 Å². The topological polar surface area (TPSA) is 229 Å². The maximum absolute atomic E-state index is 14.1. The summed E-state index contributed by atoms with van der Waals surface area (Å²) in [6.45, 7) is 5.49. The lowest BCUT2D eigenvalue weighted by molar-refractivity contribution is -0.140. The molecule has 73 heavy (non-hydrogen) atoms. The highest BCUT2D eigenvalue weighted by Crippen LogP contribution is 2.42. The molecule has 382 valence electrons. The number of benzene rings is 5. The summed E-state index contributed by atoms with van der Waals surface area (Å²) in [5.41, 5.74) is 13.6. The molecular formula is C55H61N7O11. The van der Waals surface area contributed by atoms with E-state index in [0.717, 1.165) is 35.3 Å². The molecule has 18 heteroatoms. The van der Waals surface area contributed by atoms with E-state index in [2.05, 4.69) is 26.0 Å². The molecule has 18 nitrogen and oxygen atoms in total. The number of nitrogens with two attached hydrogens (primary N) is 1. The summed E-state index contributed by atoms with van der Waals surface area (Å²) in [6, 6.07) is 25.4. The number of carbonyl (C=O) groups excluding carboxylic acids is 6. The average Bonchev–Trinajstić information content (AvgIpc) is 3.89. The summed E-state index contributed by atoms with van der Waals surface area (Å²) < 4.78 is 28.9. The predicted molar refractivity (Wildman–Crippen MR) is 275 cm³/mol. The van der Waals surface area contributed by atoms with Crippen molar-refractivity contribution in [3.8, 4) is 23.0 Å². The van der Waals surface area contributed by atoms with E-state index in [1.54, 1.807) is 41.3 Å². The Morgan fingerprint density at radius 2 is 1.34 bits per heavy atom. The van der Waals surface area contributed by atoms with Crippen molar-refractivity contribution in [3.63, 3.8) is 0 Å². The van der Waals surface area contributed by atoms with Gasteiger partial charge in [0.1, 0.15) is 25.3 Å². The third-order valence-electron chi connectivity index (χ3n) is 13.2. The lowest BCUT2D eigenvalue weighted by Crippen LogP contribution is -2.50. The molecule has 0 aromatic heterocycles. The van der Waals surface area contributed by atoms with E-state index < -0.39 is 23.9 Å². The summed E-state index contributed by atoms with van der Waals surface area (Å²) in [6.07, 6.45) is 2.64. The second-order valence-corrected chi connectivity index (χ2v) is 18.4. The molecule has 5 amide bonds. The van der Waals surface area contributed by atoms with Gasteiger partial charge in [0, 0.05) is 60.3 Å². The van der Waals surface area contributed by atoms with Crippen LogP contribution >= 0.6 is 0 Å². The highest BCUT2D eigenvalue weighted by atomic mass is 16.5. The van der Waals surface area contributed by atoms with Gasteiger partial charge in [-0.15, -0.1) is 0 Å². The van der Waals surface area contributed by atoms with E-state index in [9.17, 15) is 28.8 Å². The van der Waals surface area contributed by atoms with Gasteiger partial charge in [-0.3, -0.25) is 28.8 Å². The first-order valence-corrected chi connectivity index (χ1v) is 24.3. The molecule has 0 radical (unpaired) electrons. The van der Waals surface area contributed by atoms with Gasteiger partial charge < -0.3 is 60.5 Å². The van der Waals surface area contributed by atoms with Crippen LogP contribution in [0, 0.1) is 0 Å². The van der Waals surface area contributed by atoms with Crippen LogP contribution in [0.4, 0.5) is 28.4 Å². The van der Waals surface area contributed by atoms with Crippen molar-refractivity contribution in [1.29, 1.82) is 0 Å². The largest absolute Gasteiger partial charge is 0.493 e. The number of anilines is 5. The minimum Gasteiger partial charge on any atom is -0.493 e. The first-order chi connectivity index (χ1) is 35.1. The number of nitrogen functional groups attached to an aromatic ring is 1. The van der Waals surface area contributed by atoms with Gasteiger partial charge in [-0.2, -0.15) is 0 Å². The zero-order valence-corrected chi connectivity index (χ0v) is 41.8. The van der Waals surface area contributed by atoms with Crippen LogP contribution in [0.15, 0.2) is 91.0 Å². The number of para-hydroxylation sites is 2. The molecule has 5 aromatic carbocycles. The molecule has 3 aliphatic rings. The van der Waals surface area contributed by atoms with Crippen LogP contribution in [0.5, 0.6) is 23.0 Å². The van der Waals surface area contributed by atoms with Gasteiger partial charge in [-0.1, -0.05) is 36.4 Å². The monoisotopic (exact) mass is 995 g/mol. The number of carbonyl (C=O) groups is 6. The van der Waals surface area contributed by atoms with Gasteiger partial charge in [0.25, 0.3) is 11.8 Å². The number of rotatable bonds is 19. The number of hydrogen-bond donors (Lipinski definition) is 5. The van der Waals surface area contributed by atoms with Crippen LogP contribution in [0.1, 0.15) is 89.4 Å². The number of amides is 5. The highest BCUT2D eigenvalue weighted by Gasteiger charge is 2.38. The summed E-state index contributed by atoms with van der Waals surface area (Å²) in [7, 11) is 4.28. The summed E-state index contributed by atoms with van der Waals surface area (Å²) in [5.74, 6) is -0.982. The van der Waals surface area contributed by atoms with Crippen molar-refractivity contribution in [2.75, 3.05) is 54.0 Å². The molecule has 4 atom stereocenters. The molecule has 5 aromatic rings. The van der Waals surface area contributed by atoms with Crippen LogP contribution in [0.25, 0.3) is 0 Å². The lowest BCUT2D eigenvalue weighted by Gasteiger charge is -2.24. The minimum atomic E-state index is -1.03. The third-order valence-corrected chi connectivity index (χ3v) is 13.2. The number of esters is 1. The second kappa shape index (κ2) is 22.4. The van der Waals surface area contributed by atoms with E-state index in [4.69, 9.17) is 24.7 Å². The molecule has 0 aliphatic carbocycles. The molecule has 0 fully saturated rings. The zero-order chi connectivity index (χ0) is 51.9. The number of nitrogens with zero attached hydrogens (tertiary/aromatic N) is 2. The number of unbranched alkanes of at least 4 members (excludes halogenated alkanes) is 1. The van der Waals surface area contributed by atoms with Gasteiger partial charge in [0.2, 0.25) is 17.7 Å². The van der Waals surface area contributed by atoms with Crippen LogP contribution in [0.3, 0.4) is 0 Å². The van der Waals surface area contributed by atoms with Crippen LogP contribution in [0.2, 0.25) is 0 Å². The molecule has 0 spiro atoms. The number of hydrogen-bond acceptors (Lipinski definition) is 13. The Labute approximate surface area is 423 Å². The Morgan fingerprint density at radius 3 is 2.03 bits per heavy atom. The van der Waals surface area contributed by atoms with Gasteiger partial charge in [-0.05, 0) is 111 Å². The normalized spacial score (nSPS) is 16.0. The summed E-state index contributed by atoms with van der Waals surface area (Å²) in [4.78, 5) is 82.4. The van der Waals surface area contributed by atoms with Gasteiger partial charge in [0.15, 0.2) is 23.0 Å². The summed E-state index contributed by atoms with van der Waals surface area (Å²) in [5, 5.41) is 11.6. The van der Waals surface area contributed by atoms with Crippen LogP contribution in [-0.2, 0) is 50.0 Å². The van der Waals surface area contributed by atoms with Crippen molar-refractivity contribution in [3.05, 3.63) is 124 Å². The van der Waals surface area contributed by atoms with Crippen molar-refractivity contribution >= 4 is 63.9 Å². The molecule has 0 saturated carbocycles. The Morgan fingerprint density at radius 1 is 0.726 bits per heavy atom. The Hall–Kier alpha value is -8.28. The zero-order valence-electron chi connectivity index (χ0n) is 41.8. The number of ether oxygens (including phenoxy) is 5. The number of nitrogens with one attached hydrogen (secondary N) is 4. The van der Waals surface area contributed by atoms with E-state index in [1.165, 1.54) is 35.2 Å². The second-order valence-electron chi connectivity index (χ2n) is 18.4. The fourth-order valence-corrected chi connectivity index (χ4v) is 9.46. The highest BCUT2D eigenvalue weighted by molar-refractivity contribution is 6.13. The SMILES string of the molecule is COC(=O)CCCCC(=O)N[C@@H](C)C(=O)N[C@@H](C)C(=O)Nc1cc(COc2cc(N)c(C(=O)N3c4ccccc4C[C@H]3C)cc2OC)cc(COc2cc3c(cc2OC)C(=O)N2c4ccccc4C[C@H]2CN3)c1. The molecule has 0 unspecified atom stereocenters. The van der Waals surface area contributed by atoms with Gasteiger partial charge >= 0.3 is 5.97 Å². The fourth-order valence-electron chi connectivity index (χ4n) is 9.46. The first kappa shape index (κ1) is 51.1. The maximum Gasteiger partial charge on any atom is 0.305 e. The maximum atomic E-state index is 14.1. The number of fused-ring (bicyclic) bond motifs is 5. The Kier molecular flexibility index (Phi) is 15.7. The Balaban J connectivity index is 0.999.